The van der Waals surface area contributed by atoms with Crippen molar-refractivity contribution < 1.29 is 14.0 Å². The molecule has 1 unspecified atom stereocenters. The summed E-state index contributed by atoms with van der Waals surface area (Å²) in [7, 11) is 0. The third kappa shape index (κ3) is 3.79. The van der Waals surface area contributed by atoms with E-state index in [1.54, 1.807) is 12.1 Å². The van der Waals surface area contributed by atoms with Gasteiger partial charge in [0.2, 0.25) is 11.8 Å². The first kappa shape index (κ1) is 17.4. The van der Waals surface area contributed by atoms with Crippen LogP contribution in [0.3, 0.4) is 0 Å². The number of fused-ring (bicyclic) bond motifs is 1. The number of benzene rings is 2. The largest absolute Gasteiger partial charge is 0.368 e. The van der Waals surface area contributed by atoms with E-state index in [1.165, 1.54) is 23.1 Å². The predicted octanol–water partition coefficient (Wildman–Crippen LogP) is 3.04. The highest BCUT2D eigenvalue weighted by atomic mass is 79.9. The van der Waals surface area contributed by atoms with Crippen molar-refractivity contribution >= 4 is 33.8 Å². The van der Waals surface area contributed by atoms with E-state index in [0.717, 1.165) is 11.1 Å². The first-order valence-electron chi connectivity index (χ1n) is 7.75. The van der Waals surface area contributed by atoms with Crippen LogP contribution >= 0.6 is 15.9 Å². The molecule has 1 heterocycles. The molecule has 0 fully saturated rings. The molecule has 2 aromatic carbocycles. The number of carbonyl (C=O) groups excluding carboxylic acids is 2. The van der Waals surface area contributed by atoms with Gasteiger partial charge in [-0.05, 0) is 35.4 Å². The Labute approximate surface area is 153 Å². The van der Waals surface area contributed by atoms with Crippen LogP contribution in [0.2, 0.25) is 0 Å². The Hall–Kier alpha value is -2.47. The van der Waals surface area contributed by atoms with Crippen LogP contribution in [-0.4, -0.2) is 22.8 Å². The van der Waals surface area contributed by atoms with Gasteiger partial charge >= 0.3 is 0 Å². The first-order chi connectivity index (χ1) is 12.0. The molecule has 0 spiro atoms. The Morgan fingerprint density at radius 1 is 1.20 bits per heavy atom. The molecule has 128 valence electrons. The van der Waals surface area contributed by atoms with Gasteiger partial charge in [0.1, 0.15) is 11.9 Å². The smallest absolute Gasteiger partial charge is 0.247 e. The maximum absolute atomic E-state index is 13.8. The van der Waals surface area contributed by atoms with Crippen LogP contribution in [0.25, 0.3) is 6.08 Å². The SMILES string of the molecule is NC(=O)C1Cc2ccccc2CN1C(=O)/C=C/c1cc(Br)ccc1F. The van der Waals surface area contributed by atoms with Crippen molar-refractivity contribution in [1.29, 1.82) is 0 Å². The molecule has 2 amide bonds. The standard InChI is InChI=1S/C19H16BrFN2O2/c20-15-6-7-16(21)13(9-15)5-8-18(24)23-11-14-4-2-1-3-12(14)10-17(23)19(22)25/h1-9,17H,10-11H2,(H2,22,25)/b8-5+. The van der Waals surface area contributed by atoms with Gasteiger partial charge < -0.3 is 10.6 Å². The van der Waals surface area contributed by atoms with Crippen molar-refractivity contribution in [2.45, 2.75) is 19.0 Å². The first-order valence-corrected chi connectivity index (χ1v) is 8.55. The van der Waals surface area contributed by atoms with Crippen LogP contribution in [0, 0.1) is 5.82 Å². The molecule has 4 nitrogen and oxygen atoms in total. The van der Waals surface area contributed by atoms with Crippen LogP contribution in [0.5, 0.6) is 0 Å². The van der Waals surface area contributed by atoms with E-state index in [9.17, 15) is 14.0 Å². The lowest BCUT2D eigenvalue weighted by atomic mass is 9.93. The van der Waals surface area contributed by atoms with E-state index in [-0.39, 0.29) is 11.5 Å². The Bertz CT molecular complexity index is 866. The van der Waals surface area contributed by atoms with E-state index < -0.39 is 17.8 Å². The lowest BCUT2D eigenvalue weighted by Crippen LogP contribution is -2.50. The Kier molecular flexibility index (Phi) is 4.99. The zero-order valence-electron chi connectivity index (χ0n) is 13.3. The molecule has 2 aromatic rings. The second-order valence-electron chi connectivity index (χ2n) is 5.86. The van der Waals surface area contributed by atoms with Gasteiger partial charge in [-0.1, -0.05) is 40.2 Å². The van der Waals surface area contributed by atoms with E-state index >= 15 is 0 Å². The Morgan fingerprint density at radius 3 is 2.64 bits per heavy atom. The number of nitrogens with two attached hydrogens (primary N) is 1. The second-order valence-corrected chi connectivity index (χ2v) is 6.77. The van der Waals surface area contributed by atoms with Gasteiger partial charge in [0.15, 0.2) is 0 Å². The maximum atomic E-state index is 13.8. The van der Waals surface area contributed by atoms with Gasteiger partial charge in [-0.3, -0.25) is 9.59 Å². The third-order valence-electron chi connectivity index (χ3n) is 4.22. The summed E-state index contributed by atoms with van der Waals surface area (Å²) in [6.07, 6.45) is 3.06. The molecule has 1 aliphatic rings. The zero-order valence-corrected chi connectivity index (χ0v) is 14.9. The van der Waals surface area contributed by atoms with E-state index in [2.05, 4.69) is 15.9 Å². The number of hydrogen-bond acceptors (Lipinski definition) is 2. The van der Waals surface area contributed by atoms with Crippen molar-refractivity contribution in [3.05, 3.63) is 75.5 Å². The average Bonchev–Trinajstić information content (AvgIpc) is 2.61. The van der Waals surface area contributed by atoms with Crippen LogP contribution < -0.4 is 5.73 Å². The molecule has 2 N–H and O–H groups in total. The minimum atomic E-state index is -0.709. The van der Waals surface area contributed by atoms with E-state index in [0.29, 0.717) is 17.4 Å². The summed E-state index contributed by atoms with van der Waals surface area (Å²) >= 11 is 3.27. The topological polar surface area (TPSA) is 63.4 Å². The summed E-state index contributed by atoms with van der Waals surface area (Å²) in [6.45, 7) is 0.300. The molecular formula is C19H16BrFN2O2. The highest BCUT2D eigenvalue weighted by molar-refractivity contribution is 9.10. The number of halogens is 2. The fraction of sp³-hybridized carbons (Fsp3) is 0.158. The van der Waals surface area contributed by atoms with Crippen molar-refractivity contribution in [3.63, 3.8) is 0 Å². The number of primary amides is 1. The molecule has 3 rings (SSSR count). The van der Waals surface area contributed by atoms with E-state index in [4.69, 9.17) is 5.73 Å². The van der Waals surface area contributed by atoms with Gasteiger partial charge in [0.05, 0.1) is 0 Å². The molecule has 1 aliphatic heterocycles. The minimum absolute atomic E-state index is 0.288. The summed E-state index contributed by atoms with van der Waals surface area (Å²) in [5.41, 5.74) is 7.76. The lowest BCUT2D eigenvalue weighted by Gasteiger charge is -2.34. The van der Waals surface area contributed by atoms with Crippen LogP contribution in [0.1, 0.15) is 16.7 Å². The molecule has 0 radical (unpaired) electrons. The summed E-state index contributed by atoms with van der Waals surface area (Å²) in [6, 6.07) is 11.4. The lowest BCUT2D eigenvalue weighted by molar-refractivity contribution is -0.136. The van der Waals surface area contributed by atoms with Crippen molar-refractivity contribution in [3.8, 4) is 0 Å². The zero-order chi connectivity index (χ0) is 18.0. The number of nitrogens with zero attached hydrogens (tertiary/aromatic N) is 1. The third-order valence-corrected chi connectivity index (χ3v) is 4.72. The van der Waals surface area contributed by atoms with Crippen molar-refractivity contribution in [2.75, 3.05) is 0 Å². The quantitative estimate of drug-likeness (QED) is 0.801. The van der Waals surface area contributed by atoms with Crippen molar-refractivity contribution in [2.24, 2.45) is 5.73 Å². The minimum Gasteiger partial charge on any atom is -0.368 e. The molecule has 0 saturated carbocycles. The fourth-order valence-electron chi connectivity index (χ4n) is 2.91. The molecule has 6 heteroatoms. The monoisotopic (exact) mass is 402 g/mol. The van der Waals surface area contributed by atoms with Crippen molar-refractivity contribution in [1.82, 2.24) is 4.90 Å². The molecule has 25 heavy (non-hydrogen) atoms. The van der Waals surface area contributed by atoms with Crippen LogP contribution in [-0.2, 0) is 22.6 Å². The number of hydrogen-bond donors (Lipinski definition) is 1. The maximum Gasteiger partial charge on any atom is 0.247 e. The molecular weight excluding hydrogens is 387 g/mol. The predicted molar refractivity (Wildman–Crippen MR) is 96.8 cm³/mol. The summed E-state index contributed by atoms with van der Waals surface area (Å²) in [4.78, 5) is 25.8. The second kappa shape index (κ2) is 7.19. The number of rotatable bonds is 3. The fourth-order valence-corrected chi connectivity index (χ4v) is 3.29. The summed E-state index contributed by atoms with van der Waals surface area (Å²) < 4.78 is 14.5. The number of amides is 2. The molecule has 0 saturated heterocycles. The molecule has 0 aromatic heterocycles. The number of carbonyl (C=O) groups is 2. The van der Waals surface area contributed by atoms with Crippen LogP contribution in [0.15, 0.2) is 53.0 Å². The molecule has 1 atom stereocenters. The Morgan fingerprint density at radius 2 is 1.92 bits per heavy atom. The van der Waals surface area contributed by atoms with E-state index in [1.807, 2.05) is 24.3 Å². The summed E-state index contributed by atoms with van der Waals surface area (Å²) in [5.74, 6) is -1.36. The summed E-state index contributed by atoms with van der Waals surface area (Å²) in [5, 5.41) is 0. The normalized spacial score (nSPS) is 16.7. The Balaban J connectivity index is 1.86. The van der Waals surface area contributed by atoms with Gasteiger partial charge in [-0.2, -0.15) is 0 Å². The van der Waals surface area contributed by atoms with Gasteiger partial charge in [-0.15, -0.1) is 0 Å². The molecule has 0 aliphatic carbocycles. The van der Waals surface area contributed by atoms with Gasteiger partial charge in [0.25, 0.3) is 0 Å². The highest BCUT2D eigenvalue weighted by Gasteiger charge is 2.32. The highest BCUT2D eigenvalue weighted by Crippen LogP contribution is 2.24. The average molecular weight is 403 g/mol. The van der Waals surface area contributed by atoms with Gasteiger partial charge in [0, 0.05) is 29.1 Å². The van der Waals surface area contributed by atoms with Crippen LogP contribution in [0.4, 0.5) is 4.39 Å². The van der Waals surface area contributed by atoms with Gasteiger partial charge in [-0.25, -0.2) is 4.39 Å². The molecule has 0 bridgehead atoms.